The first kappa shape index (κ1) is 16.9. The minimum absolute atomic E-state index is 0.325. The van der Waals surface area contributed by atoms with E-state index in [0.29, 0.717) is 11.7 Å². The summed E-state index contributed by atoms with van der Waals surface area (Å²) in [6, 6.07) is 11.8. The largest absolute Gasteiger partial charge is 0.482 e. The van der Waals surface area contributed by atoms with Crippen molar-refractivity contribution in [1.82, 2.24) is 0 Å². The normalized spacial score (nSPS) is 10.8. The van der Waals surface area contributed by atoms with E-state index >= 15 is 0 Å². The van der Waals surface area contributed by atoms with Crippen molar-refractivity contribution in [3.8, 4) is 5.75 Å². The Hall–Kier alpha value is -2.49. The Labute approximate surface area is 136 Å². The van der Waals surface area contributed by atoms with E-state index in [0.717, 1.165) is 17.7 Å². The predicted octanol–water partition coefficient (Wildman–Crippen LogP) is 3.75. The van der Waals surface area contributed by atoms with Crippen LogP contribution >= 0.6 is 0 Å². The summed E-state index contributed by atoms with van der Waals surface area (Å²) in [5.74, 6) is -0.00788. The summed E-state index contributed by atoms with van der Waals surface area (Å²) in [5.41, 5.74) is 11.5. The second kappa shape index (κ2) is 7.18. The topological polar surface area (TPSA) is 72.5 Å². The number of carboxylic acids is 1. The molecule has 0 unspecified atom stereocenters. The van der Waals surface area contributed by atoms with Gasteiger partial charge in [0.25, 0.3) is 0 Å². The molecular formula is C19H23NO3. The molecule has 0 aliphatic carbocycles. The quantitative estimate of drug-likeness (QED) is 0.797. The maximum absolute atomic E-state index is 10.5. The van der Waals surface area contributed by atoms with Gasteiger partial charge >= 0.3 is 5.97 Å². The standard InChI is InChI=1S/C19H23NO3/c1-12(2)17-10-14(4-7-18(17)20)9-15-5-6-16(8-13(15)3)23-11-19(21)22/h4-8,10,12H,9,11,20H2,1-3H3,(H,21,22). The lowest BCUT2D eigenvalue weighted by Gasteiger charge is -2.13. The minimum atomic E-state index is -0.977. The van der Waals surface area contributed by atoms with Gasteiger partial charge in [-0.3, -0.25) is 0 Å². The number of aryl methyl sites for hydroxylation is 1. The third kappa shape index (κ3) is 4.49. The molecule has 3 N–H and O–H groups in total. The van der Waals surface area contributed by atoms with Gasteiger partial charge in [-0.2, -0.15) is 0 Å². The third-order valence-corrected chi connectivity index (χ3v) is 3.84. The van der Waals surface area contributed by atoms with Gasteiger partial charge in [0.1, 0.15) is 5.75 Å². The molecule has 23 heavy (non-hydrogen) atoms. The number of ether oxygens (including phenoxy) is 1. The summed E-state index contributed by atoms with van der Waals surface area (Å²) < 4.78 is 5.20. The van der Waals surface area contributed by atoms with E-state index in [1.807, 2.05) is 31.2 Å². The van der Waals surface area contributed by atoms with Gasteiger partial charge < -0.3 is 15.6 Å². The number of rotatable bonds is 6. The molecule has 0 bridgehead atoms. The van der Waals surface area contributed by atoms with E-state index in [1.165, 1.54) is 16.7 Å². The number of hydrogen-bond acceptors (Lipinski definition) is 3. The van der Waals surface area contributed by atoms with Crippen molar-refractivity contribution < 1.29 is 14.6 Å². The molecule has 4 heteroatoms. The Bertz CT molecular complexity index is 708. The highest BCUT2D eigenvalue weighted by Gasteiger charge is 2.08. The summed E-state index contributed by atoms with van der Waals surface area (Å²) >= 11 is 0. The van der Waals surface area contributed by atoms with Crippen LogP contribution in [0.3, 0.4) is 0 Å². The second-order valence-corrected chi connectivity index (χ2v) is 6.07. The van der Waals surface area contributed by atoms with Crippen molar-refractivity contribution in [2.75, 3.05) is 12.3 Å². The maximum Gasteiger partial charge on any atom is 0.341 e. The molecule has 0 radical (unpaired) electrons. The SMILES string of the molecule is Cc1cc(OCC(=O)O)ccc1Cc1ccc(N)c(C(C)C)c1. The first-order valence-electron chi connectivity index (χ1n) is 7.69. The van der Waals surface area contributed by atoms with Gasteiger partial charge in [-0.15, -0.1) is 0 Å². The van der Waals surface area contributed by atoms with E-state index in [9.17, 15) is 4.79 Å². The summed E-state index contributed by atoms with van der Waals surface area (Å²) in [6.07, 6.45) is 0.811. The van der Waals surface area contributed by atoms with Crippen LogP contribution in [-0.2, 0) is 11.2 Å². The lowest BCUT2D eigenvalue weighted by atomic mass is 9.94. The molecule has 0 atom stereocenters. The van der Waals surface area contributed by atoms with Gasteiger partial charge in [0.2, 0.25) is 0 Å². The number of nitrogens with two attached hydrogens (primary N) is 1. The Morgan fingerprint density at radius 3 is 2.57 bits per heavy atom. The van der Waals surface area contributed by atoms with E-state index < -0.39 is 5.97 Å². The van der Waals surface area contributed by atoms with Gasteiger partial charge in [-0.25, -0.2) is 4.79 Å². The molecule has 2 aromatic rings. The highest BCUT2D eigenvalue weighted by molar-refractivity contribution is 5.68. The average molecular weight is 313 g/mol. The van der Waals surface area contributed by atoms with Crippen molar-refractivity contribution in [1.29, 1.82) is 0 Å². The molecule has 0 amide bonds. The van der Waals surface area contributed by atoms with E-state index in [4.69, 9.17) is 15.6 Å². The van der Waals surface area contributed by atoms with Crippen LogP contribution in [0.2, 0.25) is 0 Å². The first-order chi connectivity index (χ1) is 10.9. The zero-order valence-corrected chi connectivity index (χ0v) is 13.8. The Morgan fingerprint density at radius 1 is 1.22 bits per heavy atom. The Morgan fingerprint density at radius 2 is 1.96 bits per heavy atom. The maximum atomic E-state index is 10.5. The monoisotopic (exact) mass is 313 g/mol. The van der Waals surface area contributed by atoms with E-state index in [1.54, 1.807) is 0 Å². The fourth-order valence-corrected chi connectivity index (χ4v) is 2.56. The van der Waals surface area contributed by atoms with Crippen molar-refractivity contribution >= 4 is 11.7 Å². The van der Waals surface area contributed by atoms with Crippen LogP contribution in [0.15, 0.2) is 36.4 Å². The van der Waals surface area contributed by atoms with Crippen LogP contribution in [-0.4, -0.2) is 17.7 Å². The fourth-order valence-electron chi connectivity index (χ4n) is 2.56. The molecular weight excluding hydrogens is 290 g/mol. The van der Waals surface area contributed by atoms with Gasteiger partial charge in [0, 0.05) is 5.69 Å². The summed E-state index contributed by atoms with van der Waals surface area (Å²) in [4.78, 5) is 10.5. The minimum Gasteiger partial charge on any atom is -0.482 e. The smallest absolute Gasteiger partial charge is 0.341 e. The molecule has 0 aliphatic heterocycles. The van der Waals surface area contributed by atoms with Crippen molar-refractivity contribution in [2.24, 2.45) is 0 Å². The number of hydrogen-bond donors (Lipinski definition) is 2. The summed E-state index contributed by atoms with van der Waals surface area (Å²) in [6.45, 7) is 5.95. The van der Waals surface area contributed by atoms with Crippen LogP contribution in [0.4, 0.5) is 5.69 Å². The predicted molar refractivity (Wildman–Crippen MR) is 92.1 cm³/mol. The molecule has 4 nitrogen and oxygen atoms in total. The zero-order valence-electron chi connectivity index (χ0n) is 13.8. The Kier molecular flexibility index (Phi) is 5.27. The highest BCUT2D eigenvalue weighted by Crippen LogP contribution is 2.25. The first-order valence-corrected chi connectivity index (χ1v) is 7.69. The molecule has 0 fully saturated rings. The molecule has 0 spiro atoms. The van der Waals surface area contributed by atoms with Crippen LogP contribution < -0.4 is 10.5 Å². The molecule has 0 aliphatic rings. The molecule has 0 saturated carbocycles. The zero-order chi connectivity index (χ0) is 17.0. The third-order valence-electron chi connectivity index (χ3n) is 3.84. The van der Waals surface area contributed by atoms with E-state index in [2.05, 4.69) is 26.0 Å². The summed E-state index contributed by atoms with van der Waals surface area (Å²) in [5, 5.41) is 8.65. The van der Waals surface area contributed by atoms with Gasteiger partial charge in [0.05, 0.1) is 0 Å². The summed E-state index contributed by atoms with van der Waals surface area (Å²) in [7, 11) is 0. The fraction of sp³-hybridized carbons (Fsp3) is 0.316. The number of carbonyl (C=O) groups is 1. The second-order valence-electron chi connectivity index (χ2n) is 6.07. The van der Waals surface area contributed by atoms with Crippen molar-refractivity contribution in [3.63, 3.8) is 0 Å². The van der Waals surface area contributed by atoms with Gasteiger partial charge in [-0.1, -0.05) is 32.0 Å². The number of carboxylic acid groups (broad SMARTS) is 1. The number of benzene rings is 2. The number of anilines is 1. The van der Waals surface area contributed by atoms with Gasteiger partial charge in [0.15, 0.2) is 6.61 Å². The van der Waals surface area contributed by atoms with Crippen molar-refractivity contribution in [3.05, 3.63) is 58.7 Å². The van der Waals surface area contributed by atoms with Crippen LogP contribution in [0, 0.1) is 6.92 Å². The molecule has 0 heterocycles. The van der Waals surface area contributed by atoms with Crippen LogP contribution in [0.5, 0.6) is 5.75 Å². The lowest BCUT2D eigenvalue weighted by molar-refractivity contribution is -0.139. The molecule has 2 aromatic carbocycles. The number of aliphatic carboxylic acids is 1. The average Bonchev–Trinajstić information content (AvgIpc) is 2.49. The van der Waals surface area contributed by atoms with Crippen LogP contribution in [0.25, 0.3) is 0 Å². The molecule has 122 valence electrons. The molecule has 0 aromatic heterocycles. The Balaban J connectivity index is 2.17. The van der Waals surface area contributed by atoms with E-state index in [-0.39, 0.29) is 6.61 Å². The molecule has 0 saturated heterocycles. The number of nitrogen functional groups attached to an aromatic ring is 1. The lowest BCUT2D eigenvalue weighted by Crippen LogP contribution is -2.09. The van der Waals surface area contributed by atoms with Gasteiger partial charge in [-0.05, 0) is 59.7 Å². The van der Waals surface area contributed by atoms with Crippen LogP contribution in [0.1, 0.15) is 42.0 Å². The highest BCUT2D eigenvalue weighted by atomic mass is 16.5. The molecule has 2 rings (SSSR count). The van der Waals surface area contributed by atoms with Crippen molar-refractivity contribution in [2.45, 2.75) is 33.1 Å².